The highest BCUT2D eigenvalue weighted by Gasteiger charge is 2.34. The van der Waals surface area contributed by atoms with Gasteiger partial charge in [0.2, 0.25) is 0 Å². The number of aromatic nitrogens is 2. The van der Waals surface area contributed by atoms with Gasteiger partial charge in [-0.15, -0.1) is 0 Å². The molecule has 0 unspecified atom stereocenters. The van der Waals surface area contributed by atoms with Crippen LogP contribution in [0.4, 0.5) is 0 Å². The number of hydrogen-bond acceptors (Lipinski definition) is 6. The number of para-hydroxylation sites is 1. The molecule has 1 saturated heterocycles. The minimum Gasteiger partial charge on any atom is -0.493 e. The zero-order chi connectivity index (χ0) is 22.2. The fourth-order valence-electron chi connectivity index (χ4n) is 4.06. The molecule has 2 heterocycles. The maximum atomic E-state index is 11.1. The smallest absolute Gasteiger partial charge is 0.161 e. The van der Waals surface area contributed by atoms with Crippen molar-refractivity contribution in [2.75, 3.05) is 33.4 Å². The molecule has 0 saturated carbocycles. The number of hydrogen-bond donors (Lipinski definition) is 1. The first-order valence-corrected chi connectivity index (χ1v) is 11.0. The van der Waals surface area contributed by atoms with Crippen molar-refractivity contribution in [2.24, 2.45) is 0 Å². The maximum Gasteiger partial charge on any atom is 0.161 e. The fraction of sp³-hybridized carbons (Fsp3) is 0.400. The summed E-state index contributed by atoms with van der Waals surface area (Å²) >= 11 is 0. The zero-order valence-electron chi connectivity index (χ0n) is 18.5. The first-order valence-electron chi connectivity index (χ1n) is 11.0. The second-order valence-corrected chi connectivity index (χ2v) is 8.24. The first-order chi connectivity index (χ1) is 15.6. The van der Waals surface area contributed by atoms with Gasteiger partial charge in [-0.1, -0.05) is 24.3 Å². The molecule has 2 aromatic carbocycles. The summed E-state index contributed by atoms with van der Waals surface area (Å²) in [5, 5.41) is 15.3. The predicted molar refractivity (Wildman–Crippen MR) is 122 cm³/mol. The highest BCUT2D eigenvalue weighted by Crippen LogP contribution is 2.30. The van der Waals surface area contributed by atoms with E-state index >= 15 is 0 Å². The van der Waals surface area contributed by atoms with Gasteiger partial charge in [-0.3, -0.25) is 9.58 Å². The number of β-amino-alcohol motifs (C(OH)–C–C–N with tert-alkyl or cyclic N) is 1. The molecule has 0 radical (unpaired) electrons. The average molecular weight is 438 g/mol. The molecule has 170 valence electrons. The Labute approximate surface area is 189 Å². The Hall–Kier alpha value is -3.03. The van der Waals surface area contributed by atoms with Crippen LogP contribution in [0.3, 0.4) is 0 Å². The molecule has 7 heteroatoms. The number of methoxy groups -OCH3 is 1. The van der Waals surface area contributed by atoms with Gasteiger partial charge >= 0.3 is 0 Å². The average Bonchev–Trinajstić information content (AvgIpc) is 3.33. The quantitative estimate of drug-likeness (QED) is 0.525. The summed E-state index contributed by atoms with van der Waals surface area (Å²) in [6.45, 7) is 3.73. The van der Waals surface area contributed by atoms with E-state index in [2.05, 4.69) is 16.1 Å². The highest BCUT2D eigenvalue weighted by atomic mass is 16.5. The van der Waals surface area contributed by atoms with Crippen molar-refractivity contribution in [1.29, 1.82) is 0 Å². The van der Waals surface area contributed by atoms with Crippen LogP contribution in [0.25, 0.3) is 0 Å². The highest BCUT2D eigenvalue weighted by molar-refractivity contribution is 5.43. The lowest BCUT2D eigenvalue weighted by Crippen LogP contribution is -2.51. The second-order valence-electron chi connectivity index (χ2n) is 8.24. The first kappa shape index (κ1) is 22.2. The third-order valence-electron chi connectivity index (χ3n) is 5.66. The van der Waals surface area contributed by atoms with Gasteiger partial charge in [0.05, 0.1) is 13.7 Å². The SMILES string of the molecule is COc1cc(CN2CCC[C@](O)(COc3ccccc3)C2)ccc1OCCn1cccn1. The largest absolute Gasteiger partial charge is 0.493 e. The van der Waals surface area contributed by atoms with Crippen LogP contribution in [0.5, 0.6) is 17.2 Å². The molecule has 1 aliphatic heterocycles. The van der Waals surface area contributed by atoms with E-state index in [9.17, 15) is 5.11 Å². The summed E-state index contributed by atoms with van der Waals surface area (Å²) < 4.78 is 19.1. The Morgan fingerprint density at radius 2 is 1.94 bits per heavy atom. The van der Waals surface area contributed by atoms with E-state index in [1.165, 1.54) is 0 Å². The third-order valence-corrected chi connectivity index (χ3v) is 5.66. The Bertz CT molecular complexity index is 965. The van der Waals surface area contributed by atoms with Crippen LogP contribution in [0, 0.1) is 0 Å². The number of benzene rings is 2. The van der Waals surface area contributed by atoms with E-state index in [-0.39, 0.29) is 0 Å². The van der Waals surface area contributed by atoms with Gasteiger partial charge < -0.3 is 19.3 Å². The lowest BCUT2D eigenvalue weighted by Gasteiger charge is -2.39. The van der Waals surface area contributed by atoms with Crippen molar-refractivity contribution in [3.63, 3.8) is 0 Å². The molecule has 3 aromatic rings. The molecule has 32 heavy (non-hydrogen) atoms. The third kappa shape index (κ3) is 6.02. The van der Waals surface area contributed by atoms with Crippen LogP contribution in [0.2, 0.25) is 0 Å². The number of likely N-dealkylation sites (tertiary alicyclic amines) is 1. The molecule has 1 atom stereocenters. The number of rotatable bonds is 10. The molecule has 0 amide bonds. The number of ether oxygens (including phenoxy) is 3. The van der Waals surface area contributed by atoms with Crippen molar-refractivity contribution in [2.45, 2.75) is 31.5 Å². The van der Waals surface area contributed by atoms with Crippen molar-refractivity contribution < 1.29 is 19.3 Å². The summed E-state index contributed by atoms with van der Waals surface area (Å²) in [5.74, 6) is 2.21. The number of nitrogens with zero attached hydrogens (tertiary/aromatic N) is 3. The standard InChI is InChI=1S/C25H31N3O4/c1-30-24-17-21(9-10-23(24)31-16-15-28-14-6-12-26-28)18-27-13-5-11-25(29,19-27)20-32-22-7-3-2-4-8-22/h2-4,6-10,12,14,17,29H,5,11,13,15-16,18-20H2,1H3/t25-/m1/s1. The molecule has 0 bridgehead atoms. The molecule has 1 N–H and O–H groups in total. The van der Waals surface area contributed by atoms with Gasteiger partial charge in [0.1, 0.15) is 24.6 Å². The molecule has 1 aliphatic rings. The van der Waals surface area contributed by atoms with Crippen molar-refractivity contribution in [3.8, 4) is 17.2 Å². The number of piperidine rings is 1. The second kappa shape index (κ2) is 10.5. The molecule has 4 rings (SSSR count). The van der Waals surface area contributed by atoms with E-state index in [0.717, 1.165) is 43.0 Å². The van der Waals surface area contributed by atoms with Gasteiger partial charge in [0.15, 0.2) is 11.5 Å². The summed E-state index contributed by atoms with van der Waals surface area (Å²) in [5.41, 5.74) is 0.266. The minimum absolute atomic E-state index is 0.292. The zero-order valence-corrected chi connectivity index (χ0v) is 18.5. The Morgan fingerprint density at radius 1 is 1.06 bits per heavy atom. The lowest BCUT2D eigenvalue weighted by atomic mass is 9.93. The molecule has 1 fully saturated rings. The lowest BCUT2D eigenvalue weighted by molar-refractivity contribution is -0.0621. The molecule has 0 aliphatic carbocycles. The van der Waals surface area contributed by atoms with Crippen LogP contribution in [0.15, 0.2) is 67.0 Å². The van der Waals surface area contributed by atoms with Crippen molar-refractivity contribution >= 4 is 0 Å². The molecular weight excluding hydrogens is 406 g/mol. The maximum absolute atomic E-state index is 11.1. The van der Waals surface area contributed by atoms with E-state index < -0.39 is 5.60 Å². The normalized spacial score (nSPS) is 18.9. The van der Waals surface area contributed by atoms with Crippen molar-refractivity contribution in [3.05, 3.63) is 72.6 Å². The monoisotopic (exact) mass is 437 g/mol. The van der Waals surface area contributed by atoms with Crippen molar-refractivity contribution in [1.82, 2.24) is 14.7 Å². The molecular formula is C25H31N3O4. The van der Waals surface area contributed by atoms with Crippen LogP contribution in [-0.2, 0) is 13.1 Å². The van der Waals surface area contributed by atoms with E-state index in [1.807, 2.05) is 59.4 Å². The van der Waals surface area contributed by atoms with Crippen LogP contribution >= 0.6 is 0 Å². The van der Waals surface area contributed by atoms with Gasteiger partial charge in [-0.05, 0) is 55.3 Å². The van der Waals surface area contributed by atoms with E-state index in [4.69, 9.17) is 14.2 Å². The van der Waals surface area contributed by atoms with E-state index in [1.54, 1.807) is 13.3 Å². The summed E-state index contributed by atoms with van der Waals surface area (Å²) in [6.07, 6.45) is 5.34. The fourth-order valence-corrected chi connectivity index (χ4v) is 4.06. The summed E-state index contributed by atoms with van der Waals surface area (Å²) in [6, 6.07) is 17.6. The summed E-state index contributed by atoms with van der Waals surface area (Å²) in [4.78, 5) is 2.27. The molecule has 7 nitrogen and oxygen atoms in total. The van der Waals surface area contributed by atoms with Crippen LogP contribution < -0.4 is 14.2 Å². The summed E-state index contributed by atoms with van der Waals surface area (Å²) in [7, 11) is 1.65. The topological polar surface area (TPSA) is 69.0 Å². The molecule has 0 spiro atoms. The molecule has 1 aromatic heterocycles. The Morgan fingerprint density at radius 3 is 2.72 bits per heavy atom. The Kier molecular flexibility index (Phi) is 7.29. The van der Waals surface area contributed by atoms with Gasteiger partial charge in [0, 0.05) is 25.5 Å². The number of aliphatic hydroxyl groups is 1. The van der Waals surface area contributed by atoms with Crippen LogP contribution in [-0.4, -0.2) is 58.8 Å². The predicted octanol–water partition coefficient (Wildman–Crippen LogP) is 3.38. The van der Waals surface area contributed by atoms with Gasteiger partial charge in [-0.2, -0.15) is 5.10 Å². The van der Waals surface area contributed by atoms with Crippen LogP contribution in [0.1, 0.15) is 18.4 Å². The van der Waals surface area contributed by atoms with E-state index in [0.29, 0.717) is 32.1 Å². The van der Waals surface area contributed by atoms with Gasteiger partial charge in [-0.25, -0.2) is 0 Å². The Balaban J connectivity index is 1.32. The minimum atomic E-state index is -0.853. The van der Waals surface area contributed by atoms with Gasteiger partial charge in [0.25, 0.3) is 0 Å².